The number of aromatic nitrogens is 2. The Hall–Kier alpha value is -1.85. The average Bonchev–Trinajstić information content (AvgIpc) is 3.00. The van der Waals surface area contributed by atoms with Gasteiger partial charge in [0.1, 0.15) is 5.69 Å². The van der Waals surface area contributed by atoms with Crippen molar-refractivity contribution in [3.8, 4) is 0 Å². The smallest absolute Gasteiger partial charge is 0.313 e. The highest BCUT2D eigenvalue weighted by atomic mass is 16.5. The molecule has 0 bridgehead atoms. The van der Waals surface area contributed by atoms with Crippen LogP contribution in [0.5, 0.6) is 0 Å². The van der Waals surface area contributed by atoms with Gasteiger partial charge in [0.05, 0.1) is 24.5 Å². The molecule has 1 amide bonds. The Bertz CT molecular complexity index is 524. The normalized spacial score (nSPS) is 16.6. The highest BCUT2D eigenvalue weighted by Crippen LogP contribution is 2.46. The van der Waals surface area contributed by atoms with Crippen molar-refractivity contribution in [1.29, 1.82) is 0 Å². The number of nitrogens with zero attached hydrogens (tertiary/aromatic N) is 1. The summed E-state index contributed by atoms with van der Waals surface area (Å²) in [6, 6.07) is 0. The van der Waals surface area contributed by atoms with Crippen LogP contribution in [0.15, 0.2) is 6.33 Å². The standard InChI is InChI=1S/C14H21N3O3/c1-13(2,3)10-9(16-8-17-10)11(18)15-7-14(5-6-14)12(19)20-4/h8H,5-7H2,1-4H3,(H,15,18)(H,16,17). The lowest BCUT2D eigenvalue weighted by Crippen LogP contribution is -2.36. The monoisotopic (exact) mass is 279 g/mol. The third kappa shape index (κ3) is 2.69. The zero-order chi connectivity index (χ0) is 15.0. The van der Waals surface area contributed by atoms with Crippen molar-refractivity contribution in [1.82, 2.24) is 15.3 Å². The quantitative estimate of drug-likeness (QED) is 0.816. The topological polar surface area (TPSA) is 84.1 Å². The number of amides is 1. The molecule has 1 aliphatic rings. The summed E-state index contributed by atoms with van der Waals surface area (Å²) in [4.78, 5) is 30.9. The number of rotatable bonds is 4. The summed E-state index contributed by atoms with van der Waals surface area (Å²) in [6.45, 7) is 6.32. The Balaban J connectivity index is 2.04. The van der Waals surface area contributed by atoms with Gasteiger partial charge in [-0.25, -0.2) is 4.98 Å². The number of H-pyrrole nitrogens is 1. The van der Waals surface area contributed by atoms with Crippen molar-refractivity contribution in [2.24, 2.45) is 5.41 Å². The van der Waals surface area contributed by atoms with Gasteiger partial charge in [-0.15, -0.1) is 0 Å². The molecular weight excluding hydrogens is 258 g/mol. The van der Waals surface area contributed by atoms with Crippen molar-refractivity contribution in [2.75, 3.05) is 13.7 Å². The van der Waals surface area contributed by atoms with Gasteiger partial charge < -0.3 is 15.0 Å². The Kier molecular flexibility index (Phi) is 3.58. The predicted molar refractivity (Wildman–Crippen MR) is 73.3 cm³/mol. The van der Waals surface area contributed by atoms with Gasteiger partial charge in [0.15, 0.2) is 0 Å². The van der Waals surface area contributed by atoms with Crippen LogP contribution in [0.25, 0.3) is 0 Å². The summed E-state index contributed by atoms with van der Waals surface area (Å²) in [5.74, 6) is -0.512. The molecule has 1 aromatic heterocycles. The van der Waals surface area contributed by atoms with E-state index in [9.17, 15) is 9.59 Å². The maximum atomic E-state index is 12.2. The molecular formula is C14H21N3O3. The zero-order valence-corrected chi connectivity index (χ0v) is 12.4. The molecule has 1 aromatic rings. The number of imidazole rings is 1. The molecule has 1 saturated carbocycles. The lowest BCUT2D eigenvalue weighted by atomic mass is 9.90. The number of hydrogen-bond donors (Lipinski definition) is 2. The molecule has 6 nitrogen and oxygen atoms in total. The number of esters is 1. The van der Waals surface area contributed by atoms with E-state index in [0.29, 0.717) is 12.2 Å². The molecule has 2 rings (SSSR count). The molecule has 0 radical (unpaired) electrons. The van der Waals surface area contributed by atoms with Crippen LogP contribution in [-0.2, 0) is 14.9 Å². The molecule has 6 heteroatoms. The van der Waals surface area contributed by atoms with Crippen molar-refractivity contribution in [3.63, 3.8) is 0 Å². The summed E-state index contributed by atoms with van der Waals surface area (Å²) in [5.41, 5.74) is 0.460. The van der Waals surface area contributed by atoms with Crippen molar-refractivity contribution >= 4 is 11.9 Å². The minimum atomic E-state index is -0.525. The van der Waals surface area contributed by atoms with Crippen LogP contribution in [0.1, 0.15) is 49.8 Å². The molecule has 1 heterocycles. The van der Waals surface area contributed by atoms with Gasteiger partial charge in [-0.2, -0.15) is 0 Å². The van der Waals surface area contributed by atoms with E-state index in [1.807, 2.05) is 20.8 Å². The number of carbonyl (C=O) groups is 2. The molecule has 0 atom stereocenters. The minimum absolute atomic E-state index is 0.192. The Morgan fingerprint density at radius 2 is 2.10 bits per heavy atom. The van der Waals surface area contributed by atoms with E-state index in [2.05, 4.69) is 15.3 Å². The van der Waals surface area contributed by atoms with Gasteiger partial charge in [-0.1, -0.05) is 20.8 Å². The molecule has 0 spiro atoms. The predicted octanol–water partition coefficient (Wildman–Crippen LogP) is 1.39. The number of hydrogen-bond acceptors (Lipinski definition) is 4. The summed E-state index contributed by atoms with van der Waals surface area (Å²) >= 11 is 0. The lowest BCUT2D eigenvalue weighted by molar-refractivity contribution is -0.146. The van der Waals surface area contributed by atoms with Gasteiger partial charge in [0.25, 0.3) is 5.91 Å². The van der Waals surface area contributed by atoms with E-state index in [4.69, 9.17) is 4.74 Å². The van der Waals surface area contributed by atoms with Crippen LogP contribution in [0.4, 0.5) is 0 Å². The van der Waals surface area contributed by atoms with Crippen LogP contribution in [0.3, 0.4) is 0 Å². The van der Waals surface area contributed by atoms with Crippen LogP contribution in [0, 0.1) is 5.41 Å². The third-order valence-electron chi connectivity index (χ3n) is 3.66. The summed E-state index contributed by atoms with van der Waals surface area (Å²) in [6.07, 6.45) is 3.03. The molecule has 0 saturated heterocycles. The summed E-state index contributed by atoms with van der Waals surface area (Å²) in [5, 5.41) is 2.79. The van der Waals surface area contributed by atoms with Crippen molar-refractivity contribution < 1.29 is 14.3 Å². The number of carbonyl (C=O) groups excluding carboxylic acids is 2. The first-order chi connectivity index (χ1) is 9.30. The Morgan fingerprint density at radius 1 is 1.45 bits per heavy atom. The fourth-order valence-electron chi connectivity index (χ4n) is 2.19. The molecule has 0 unspecified atom stereocenters. The van der Waals surface area contributed by atoms with E-state index < -0.39 is 5.41 Å². The van der Waals surface area contributed by atoms with Crippen molar-refractivity contribution in [2.45, 2.75) is 39.0 Å². The molecule has 110 valence electrons. The van der Waals surface area contributed by atoms with Gasteiger partial charge in [-0.05, 0) is 12.8 Å². The molecule has 0 aromatic carbocycles. The maximum Gasteiger partial charge on any atom is 0.313 e. The number of methoxy groups -OCH3 is 1. The molecule has 2 N–H and O–H groups in total. The van der Waals surface area contributed by atoms with Gasteiger partial charge in [0.2, 0.25) is 0 Å². The van der Waals surface area contributed by atoms with E-state index in [-0.39, 0.29) is 17.3 Å². The highest BCUT2D eigenvalue weighted by Gasteiger charge is 2.51. The van der Waals surface area contributed by atoms with E-state index in [0.717, 1.165) is 18.5 Å². The second-order valence-electron chi connectivity index (χ2n) is 6.33. The summed E-state index contributed by atoms with van der Waals surface area (Å²) < 4.78 is 4.77. The second-order valence-corrected chi connectivity index (χ2v) is 6.33. The van der Waals surface area contributed by atoms with Gasteiger partial charge in [-0.3, -0.25) is 9.59 Å². The Morgan fingerprint density at radius 3 is 2.60 bits per heavy atom. The van der Waals surface area contributed by atoms with Crippen molar-refractivity contribution in [3.05, 3.63) is 17.7 Å². The number of nitrogens with one attached hydrogen (secondary N) is 2. The SMILES string of the molecule is COC(=O)C1(CNC(=O)c2nc[nH]c2C(C)(C)C)CC1. The van der Waals surface area contributed by atoms with Crippen LogP contribution >= 0.6 is 0 Å². The Labute approximate surface area is 118 Å². The zero-order valence-electron chi connectivity index (χ0n) is 12.4. The lowest BCUT2D eigenvalue weighted by Gasteiger charge is -2.18. The fraction of sp³-hybridized carbons (Fsp3) is 0.643. The summed E-state index contributed by atoms with van der Waals surface area (Å²) in [7, 11) is 1.37. The van der Waals surface area contributed by atoms with E-state index >= 15 is 0 Å². The van der Waals surface area contributed by atoms with Gasteiger partial charge >= 0.3 is 5.97 Å². The average molecular weight is 279 g/mol. The van der Waals surface area contributed by atoms with E-state index in [1.54, 1.807) is 0 Å². The molecule has 1 aliphatic carbocycles. The minimum Gasteiger partial charge on any atom is -0.469 e. The number of ether oxygens (including phenoxy) is 1. The number of aromatic amines is 1. The first-order valence-corrected chi connectivity index (χ1v) is 6.71. The maximum absolute atomic E-state index is 12.2. The molecule has 1 fully saturated rings. The molecule has 20 heavy (non-hydrogen) atoms. The van der Waals surface area contributed by atoms with Crippen LogP contribution in [-0.4, -0.2) is 35.5 Å². The molecule has 0 aliphatic heterocycles. The fourth-order valence-corrected chi connectivity index (χ4v) is 2.19. The van der Waals surface area contributed by atoms with Crippen LogP contribution in [0.2, 0.25) is 0 Å². The highest BCUT2D eigenvalue weighted by molar-refractivity contribution is 5.94. The third-order valence-corrected chi connectivity index (χ3v) is 3.66. The first-order valence-electron chi connectivity index (χ1n) is 6.71. The largest absolute Gasteiger partial charge is 0.469 e. The van der Waals surface area contributed by atoms with E-state index in [1.165, 1.54) is 13.4 Å². The van der Waals surface area contributed by atoms with Crippen LogP contribution < -0.4 is 5.32 Å². The second kappa shape index (κ2) is 4.92. The van der Waals surface area contributed by atoms with Gasteiger partial charge in [0, 0.05) is 12.0 Å². The first kappa shape index (κ1) is 14.6.